The number of amides is 2. The molecule has 1 atom stereocenters. The molecule has 3 aromatic rings. The van der Waals surface area contributed by atoms with Crippen LogP contribution in [0.25, 0.3) is 0 Å². The number of benzene rings is 3. The summed E-state index contributed by atoms with van der Waals surface area (Å²) in [5, 5.41) is 6.69. The molecule has 35 heavy (non-hydrogen) atoms. The molecule has 0 aromatic heterocycles. The summed E-state index contributed by atoms with van der Waals surface area (Å²) in [6.07, 6.45) is 2.16. The van der Waals surface area contributed by atoms with Gasteiger partial charge < -0.3 is 15.5 Å². The Hall–Kier alpha value is -3.02. The van der Waals surface area contributed by atoms with E-state index in [9.17, 15) is 9.59 Å². The third-order valence-electron chi connectivity index (χ3n) is 6.45. The minimum Gasteiger partial charge on any atom is -0.371 e. The summed E-state index contributed by atoms with van der Waals surface area (Å²) >= 11 is 12.0. The van der Waals surface area contributed by atoms with Crippen LogP contribution in [0.3, 0.4) is 0 Å². The first-order valence-corrected chi connectivity index (χ1v) is 12.6. The zero-order chi connectivity index (χ0) is 24.9. The Morgan fingerprint density at radius 2 is 1.63 bits per heavy atom. The van der Waals surface area contributed by atoms with Gasteiger partial charge in [-0.15, -0.1) is 0 Å². The maximum Gasteiger partial charge on any atom is 0.255 e. The molecule has 2 amide bonds. The average Bonchev–Trinajstić information content (AvgIpc) is 2.86. The molecule has 182 valence electrons. The van der Waals surface area contributed by atoms with Crippen molar-refractivity contribution in [1.82, 2.24) is 5.32 Å². The summed E-state index contributed by atoms with van der Waals surface area (Å²) in [4.78, 5) is 28.5. The van der Waals surface area contributed by atoms with Crippen LogP contribution in [-0.2, 0) is 0 Å². The van der Waals surface area contributed by atoms with Gasteiger partial charge in [-0.1, -0.05) is 60.5 Å². The second-order valence-electron chi connectivity index (χ2n) is 9.09. The minimum absolute atomic E-state index is 0.160. The quantitative estimate of drug-likeness (QED) is 0.376. The van der Waals surface area contributed by atoms with Gasteiger partial charge in [0.2, 0.25) is 0 Å². The van der Waals surface area contributed by atoms with Gasteiger partial charge in [0.05, 0.1) is 21.7 Å². The second kappa shape index (κ2) is 11.1. The van der Waals surface area contributed by atoms with Gasteiger partial charge in [0.1, 0.15) is 0 Å². The number of nitrogens with one attached hydrogen (secondary N) is 2. The Kier molecular flexibility index (Phi) is 7.99. The van der Waals surface area contributed by atoms with Crippen molar-refractivity contribution in [3.8, 4) is 0 Å². The molecule has 0 spiro atoms. The molecule has 0 saturated carbocycles. The van der Waals surface area contributed by atoms with Crippen LogP contribution in [0.15, 0.2) is 66.7 Å². The zero-order valence-electron chi connectivity index (χ0n) is 19.9. The van der Waals surface area contributed by atoms with Crippen molar-refractivity contribution in [2.75, 3.05) is 23.3 Å². The predicted octanol–water partition coefficient (Wildman–Crippen LogP) is 6.97. The van der Waals surface area contributed by atoms with Crippen LogP contribution in [0, 0.1) is 5.92 Å². The Bertz CT molecular complexity index is 1210. The smallest absolute Gasteiger partial charge is 0.255 e. The molecular formula is C28H29Cl2N3O2. The highest BCUT2D eigenvalue weighted by molar-refractivity contribution is 6.42. The van der Waals surface area contributed by atoms with Crippen LogP contribution in [-0.4, -0.2) is 24.9 Å². The lowest BCUT2D eigenvalue weighted by Gasteiger charge is -2.33. The van der Waals surface area contributed by atoms with E-state index in [-0.39, 0.29) is 17.9 Å². The van der Waals surface area contributed by atoms with Gasteiger partial charge in [0.15, 0.2) is 0 Å². The topological polar surface area (TPSA) is 61.4 Å². The number of carbonyl (C=O) groups excluding carboxylic acids is 2. The van der Waals surface area contributed by atoms with Gasteiger partial charge in [0.25, 0.3) is 11.8 Å². The van der Waals surface area contributed by atoms with E-state index in [0.717, 1.165) is 37.2 Å². The molecule has 2 N–H and O–H groups in total. The van der Waals surface area contributed by atoms with Gasteiger partial charge >= 0.3 is 0 Å². The van der Waals surface area contributed by atoms with Crippen molar-refractivity contribution >= 4 is 46.4 Å². The maximum absolute atomic E-state index is 13.5. The molecular weight excluding hydrogens is 481 g/mol. The fourth-order valence-electron chi connectivity index (χ4n) is 4.26. The SMILES string of the molecule is CC1CCN(c2ccc(NC(=O)c3ccc(Cl)c(Cl)c3)cc2C(=O)NC(C)c2ccccc2)CC1. The zero-order valence-corrected chi connectivity index (χ0v) is 21.4. The summed E-state index contributed by atoms with van der Waals surface area (Å²) in [5.41, 5.74) is 3.36. The molecule has 1 unspecified atom stereocenters. The molecule has 1 aliphatic heterocycles. The number of piperidine rings is 1. The summed E-state index contributed by atoms with van der Waals surface area (Å²) in [7, 11) is 0. The van der Waals surface area contributed by atoms with Gasteiger partial charge in [-0.3, -0.25) is 9.59 Å². The van der Waals surface area contributed by atoms with E-state index < -0.39 is 0 Å². The molecule has 0 bridgehead atoms. The van der Waals surface area contributed by atoms with Crippen molar-refractivity contribution in [1.29, 1.82) is 0 Å². The lowest BCUT2D eigenvalue weighted by atomic mass is 9.97. The Morgan fingerprint density at radius 1 is 0.914 bits per heavy atom. The van der Waals surface area contributed by atoms with E-state index >= 15 is 0 Å². The summed E-state index contributed by atoms with van der Waals surface area (Å²) in [6, 6.07) is 19.9. The number of halogens is 2. The van der Waals surface area contributed by atoms with Gasteiger partial charge in [-0.05, 0) is 67.6 Å². The summed E-state index contributed by atoms with van der Waals surface area (Å²) < 4.78 is 0. The Morgan fingerprint density at radius 3 is 2.31 bits per heavy atom. The van der Waals surface area contributed by atoms with Crippen LogP contribution in [0.5, 0.6) is 0 Å². The van der Waals surface area contributed by atoms with E-state index in [2.05, 4.69) is 22.5 Å². The summed E-state index contributed by atoms with van der Waals surface area (Å²) in [5.74, 6) is 0.166. The molecule has 1 heterocycles. The minimum atomic E-state index is -0.327. The number of rotatable bonds is 6. The molecule has 3 aromatic carbocycles. The molecule has 1 fully saturated rings. The summed E-state index contributed by atoms with van der Waals surface area (Å²) in [6.45, 7) is 6.01. The first-order valence-electron chi connectivity index (χ1n) is 11.8. The van der Waals surface area contributed by atoms with Crippen molar-refractivity contribution < 1.29 is 9.59 Å². The van der Waals surface area contributed by atoms with Crippen molar-refractivity contribution in [2.24, 2.45) is 5.92 Å². The molecule has 0 aliphatic carbocycles. The van der Waals surface area contributed by atoms with Crippen LogP contribution >= 0.6 is 23.2 Å². The van der Waals surface area contributed by atoms with Crippen molar-refractivity contribution in [2.45, 2.75) is 32.7 Å². The van der Waals surface area contributed by atoms with Crippen LogP contribution in [0.1, 0.15) is 59.0 Å². The van der Waals surface area contributed by atoms with Gasteiger partial charge in [-0.25, -0.2) is 0 Å². The van der Waals surface area contributed by atoms with E-state index in [4.69, 9.17) is 23.2 Å². The molecule has 4 rings (SSSR count). The van der Waals surface area contributed by atoms with Crippen LogP contribution in [0.4, 0.5) is 11.4 Å². The monoisotopic (exact) mass is 509 g/mol. The largest absolute Gasteiger partial charge is 0.371 e. The number of carbonyl (C=O) groups is 2. The Labute approximate surface area is 216 Å². The number of hydrogen-bond acceptors (Lipinski definition) is 3. The molecule has 1 aliphatic rings. The van der Waals surface area contributed by atoms with E-state index in [1.165, 1.54) is 6.07 Å². The lowest BCUT2D eigenvalue weighted by Crippen LogP contribution is -2.35. The molecule has 0 radical (unpaired) electrons. The van der Waals surface area contributed by atoms with E-state index in [0.29, 0.717) is 32.8 Å². The second-order valence-corrected chi connectivity index (χ2v) is 9.90. The van der Waals surface area contributed by atoms with E-state index in [1.807, 2.05) is 49.4 Å². The highest BCUT2D eigenvalue weighted by atomic mass is 35.5. The van der Waals surface area contributed by atoms with Gasteiger partial charge in [-0.2, -0.15) is 0 Å². The lowest BCUT2D eigenvalue weighted by molar-refractivity contribution is 0.0939. The third kappa shape index (κ3) is 6.16. The molecule has 5 nitrogen and oxygen atoms in total. The number of hydrogen-bond donors (Lipinski definition) is 2. The predicted molar refractivity (Wildman–Crippen MR) is 144 cm³/mol. The van der Waals surface area contributed by atoms with Crippen molar-refractivity contribution in [3.05, 3.63) is 93.5 Å². The standard InChI is InChI=1S/C28H29Cl2N3O2/c1-18-12-14-33(15-13-18)26-11-9-22(32-27(34)21-8-10-24(29)25(30)16-21)17-23(26)28(35)31-19(2)20-6-4-3-5-7-20/h3-11,16-19H,12-15H2,1-2H3,(H,31,35)(H,32,34). The van der Waals surface area contributed by atoms with E-state index in [1.54, 1.807) is 18.2 Å². The fourth-order valence-corrected chi connectivity index (χ4v) is 4.56. The van der Waals surface area contributed by atoms with Crippen LogP contribution < -0.4 is 15.5 Å². The number of anilines is 2. The first kappa shape index (κ1) is 25.1. The first-order chi connectivity index (χ1) is 16.8. The third-order valence-corrected chi connectivity index (χ3v) is 7.19. The highest BCUT2D eigenvalue weighted by Gasteiger charge is 2.23. The van der Waals surface area contributed by atoms with Crippen molar-refractivity contribution in [3.63, 3.8) is 0 Å². The van der Waals surface area contributed by atoms with Crippen LogP contribution in [0.2, 0.25) is 10.0 Å². The normalized spacial score (nSPS) is 14.9. The maximum atomic E-state index is 13.5. The van der Waals surface area contributed by atoms with Gasteiger partial charge in [0, 0.05) is 30.0 Å². The molecule has 7 heteroatoms. The average molecular weight is 510 g/mol. The Balaban J connectivity index is 1.60. The number of nitrogens with zero attached hydrogens (tertiary/aromatic N) is 1. The molecule has 1 saturated heterocycles. The highest BCUT2D eigenvalue weighted by Crippen LogP contribution is 2.30. The fraction of sp³-hybridized carbons (Fsp3) is 0.286.